The third-order valence-electron chi connectivity index (χ3n) is 2.54. The number of aromatic nitrogens is 2. The molecule has 2 aromatic carbocycles. The van der Waals surface area contributed by atoms with Gasteiger partial charge >= 0.3 is 0 Å². The predicted octanol–water partition coefficient (Wildman–Crippen LogP) is 4.31. The van der Waals surface area contributed by atoms with E-state index in [1.807, 2.05) is 6.07 Å². The van der Waals surface area contributed by atoms with Crippen LogP contribution >= 0.6 is 31.9 Å². The van der Waals surface area contributed by atoms with Gasteiger partial charge in [0.15, 0.2) is 0 Å². The second-order valence-electron chi connectivity index (χ2n) is 3.52. The van der Waals surface area contributed by atoms with Crippen molar-refractivity contribution >= 4 is 53.5 Å². The third kappa shape index (κ3) is 1.53. The SMILES string of the molecule is Brc1ccc2ccc3c(Br)cnnc3c2c1. The molecular weight excluding hydrogens is 332 g/mol. The Labute approximate surface area is 109 Å². The average Bonchev–Trinajstić information content (AvgIpc) is 2.29. The lowest BCUT2D eigenvalue weighted by Gasteiger charge is -2.03. The summed E-state index contributed by atoms with van der Waals surface area (Å²) in [5, 5.41) is 11.6. The van der Waals surface area contributed by atoms with Crippen LogP contribution in [0.25, 0.3) is 21.7 Å². The molecule has 3 aromatic rings. The van der Waals surface area contributed by atoms with Crippen LogP contribution in [0.1, 0.15) is 0 Å². The van der Waals surface area contributed by atoms with Crippen LogP contribution in [0.5, 0.6) is 0 Å². The number of benzene rings is 2. The van der Waals surface area contributed by atoms with E-state index in [2.05, 4.69) is 66.3 Å². The van der Waals surface area contributed by atoms with Crippen molar-refractivity contribution in [3.05, 3.63) is 45.5 Å². The molecule has 1 heterocycles. The zero-order chi connectivity index (χ0) is 11.1. The van der Waals surface area contributed by atoms with E-state index < -0.39 is 0 Å². The van der Waals surface area contributed by atoms with E-state index in [9.17, 15) is 0 Å². The topological polar surface area (TPSA) is 25.8 Å². The van der Waals surface area contributed by atoms with E-state index >= 15 is 0 Å². The number of hydrogen-bond donors (Lipinski definition) is 0. The molecule has 1 aromatic heterocycles. The molecule has 0 saturated carbocycles. The fraction of sp³-hybridized carbons (Fsp3) is 0. The molecule has 0 atom stereocenters. The summed E-state index contributed by atoms with van der Waals surface area (Å²) in [6.07, 6.45) is 1.71. The summed E-state index contributed by atoms with van der Waals surface area (Å²) in [5.74, 6) is 0. The van der Waals surface area contributed by atoms with Gasteiger partial charge in [-0.2, -0.15) is 5.10 Å². The van der Waals surface area contributed by atoms with Crippen LogP contribution in [0.4, 0.5) is 0 Å². The summed E-state index contributed by atoms with van der Waals surface area (Å²) in [7, 11) is 0. The van der Waals surface area contributed by atoms with E-state index in [0.717, 1.165) is 25.2 Å². The Bertz CT molecular complexity index is 695. The first-order valence-electron chi connectivity index (χ1n) is 4.75. The molecule has 0 bridgehead atoms. The average molecular weight is 338 g/mol. The summed E-state index contributed by atoms with van der Waals surface area (Å²) in [5.41, 5.74) is 0.924. The van der Waals surface area contributed by atoms with Crippen molar-refractivity contribution in [2.45, 2.75) is 0 Å². The Hall–Kier alpha value is -1.00. The Morgan fingerprint density at radius 1 is 0.938 bits per heavy atom. The summed E-state index contributed by atoms with van der Waals surface area (Å²) < 4.78 is 2.02. The number of rotatable bonds is 0. The number of nitrogens with zero attached hydrogens (tertiary/aromatic N) is 2. The van der Waals surface area contributed by atoms with Gasteiger partial charge in [-0.05, 0) is 33.4 Å². The van der Waals surface area contributed by atoms with Gasteiger partial charge in [-0.3, -0.25) is 0 Å². The van der Waals surface area contributed by atoms with Crippen LogP contribution in [0, 0.1) is 0 Å². The van der Waals surface area contributed by atoms with E-state index in [1.54, 1.807) is 6.20 Å². The molecule has 0 aliphatic carbocycles. The maximum Gasteiger partial charge on any atom is 0.102 e. The van der Waals surface area contributed by atoms with Crippen molar-refractivity contribution < 1.29 is 0 Å². The van der Waals surface area contributed by atoms with Gasteiger partial charge in [0, 0.05) is 19.7 Å². The van der Waals surface area contributed by atoms with E-state index in [-0.39, 0.29) is 0 Å². The molecule has 0 amide bonds. The van der Waals surface area contributed by atoms with Crippen molar-refractivity contribution in [2.75, 3.05) is 0 Å². The second kappa shape index (κ2) is 3.79. The Morgan fingerprint density at radius 3 is 2.62 bits per heavy atom. The molecule has 0 aliphatic heterocycles. The first kappa shape index (κ1) is 10.2. The normalized spacial score (nSPS) is 11.1. The van der Waals surface area contributed by atoms with Crippen LogP contribution in [-0.4, -0.2) is 10.2 Å². The lowest BCUT2D eigenvalue weighted by Crippen LogP contribution is -1.86. The lowest BCUT2D eigenvalue weighted by molar-refractivity contribution is 1.07. The fourth-order valence-electron chi connectivity index (χ4n) is 1.78. The molecule has 0 unspecified atom stereocenters. The first-order chi connectivity index (χ1) is 7.75. The van der Waals surface area contributed by atoms with Crippen LogP contribution in [0.2, 0.25) is 0 Å². The van der Waals surface area contributed by atoms with Crippen LogP contribution in [0.3, 0.4) is 0 Å². The number of hydrogen-bond acceptors (Lipinski definition) is 2. The highest BCUT2D eigenvalue weighted by Gasteiger charge is 2.05. The van der Waals surface area contributed by atoms with E-state index in [1.165, 1.54) is 5.39 Å². The summed E-state index contributed by atoms with van der Waals surface area (Å²) in [6, 6.07) is 10.3. The van der Waals surface area contributed by atoms with Crippen molar-refractivity contribution in [3.63, 3.8) is 0 Å². The molecule has 0 spiro atoms. The minimum atomic E-state index is 0.924. The Balaban J connectivity index is 2.58. The molecule has 16 heavy (non-hydrogen) atoms. The highest BCUT2D eigenvalue weighted by Crippen LogP contribution is 2.29. The highest BCUT2D eigenvalue weighted by molar-refractivity contribution is 9.11. The maximum atomic E-state index is 4.21. The Kier molecular flexibility index (Phi) is 2.41. The molecule has 0 aliphatic rings. The van der Waals surface area contributed by atoms with Crippen LogP contribution in [0.15, 0.2) is 45.5 Å². The minimum Gasteiger partial charge on any atom is -0.157 e. The lowest BCUT2D eigenvalue weighted by atomic mass is 10.1. The van der Waals surface area contributed by atoms with Crippen LogP contribution in [-0.2, 0) is 0 Å². The smallest absolute Gasteiger partial charge is 0.102 e. The van der Waals surface area contributed by atoms with E-state index in [4.69, 9.17) is 0 Å². The zero-order valence-corrected chi connectivity index (χ0v) is 11.3. The molecular formula is C12H6Br2N2. The van der Waals surface area contributed by atoms with Crippen LogP contribution < -0.4 is 0 Å². The number of fused-ring (bicyclic) bond motifs is 3. The molecule has 3 rings (SSSR count). The molecule has 0 radical (unpaired) electrons. The van der Waals surface area contributed by atoms with Crippen molar-refractivity contribution in [1.82, 2.24) is 10.2 Å². The molecule has 4 heteroatoms. The minimum absolute atomic E-state index is 0.924. The molecule has 0 N–H and O–H groups in total. The summed E-state index contributed by atoms with van der Waals surface area (Å²) in [6.45, 7) is 0. The third-order valence-corrected chi connectivity index (χ3v) is 3.67. The molecule has 78 valence electrons. The van der Waals surface area contributed by atoms with Gasteiger partial charge in [0.05, 0.1) is 6.20 Å². The largest absolute Gasteiger partial charge is 0.157 e. The fourth-order valence-corrected chi connectivity index (χ4v) is 2.56. The molecule has 2 nitrogen and oxygen atoms in total. The number of halogens is 2. The van der Waals surface area contributed by atoms with E-state index in [0.29, 0.717) is 0 Å². The van der Waals surface area contributed by atoms with Crippen molar-refractivity contribution in [2.24, 2.45) is 0 Å². The summed E-state index contributed by atoms with van der Waals surface area (Å²) in [4.78, 5) is 0. The van der Waals surface area contributed by atoms with Gasteiger partial charge in [-0.1, -0.05) is 34.1 Å². The Morgan fingerprint density at radius 2 is 1.75 bits per heavy atom. The van der Waals surface area contributed by atoms with Crippen molar-refractivity contribution in [3.8, 4) is 0 Å². The second-order valence-corrected chi connectivity index (χ2v) is 5.29. The maximum absolute atomic E-state index is 4.21. The van der Waals surface area contributed by atoms with Gasteiger partial charge < -0.3 is 0 Å². The van der Waals surface area contributed by atoms with Gasteiger partial charge in [0.1, 0.15) is 5.52 Å². The van der Waals surface area contributed by atoms with Gasteiger partial charge in [-0.15, -0.1) is 5.10 Å². The molecule has 0 saturated heterocycles. The van der Waals surface area contributed by atoms with Crippen molar-refractivity contribution in [1.29, 1.82) is 0 Å². The van der Waals surface area contributed by atoms with Gasteiger partial charge in [0.25, 0.3) is 0 Å². The predicted molar refractivity (Wildman–Crippen MR) is 72.4 cm³/mol. The monoisotopic (exact) mass is 336 g/mol. The molecule has 0 fully saturated rings. The standard InChI is InChI=1S/C12H6Br2N2/c13-8-3-1-7-2-4-9-11(14)6-15-16-12(9)10(7)5-8/h1-6H. The van der Waals surface area contributed by atoms with Gasteiger partial charge in [0.2, 0.25) is 0 Å². The van der Waals surface area contributed by atoms with Gasteiger partial charge in [-0.25, -0.2) is 0 Å². The highest BCUT2D eigenvalue weighted by atomic mass is 79.9. The first-order valence-corrected chi connectivity index (χ1v) is 6.33. The quantitative estimate of drug-likeness (QED) is 0.571. The zero-order valence-electron chi connectivity index (χ0n) is 8.11. The summed E-state index contributed by atoms with van der Waals surface area (Å²) >= 11 is 6.96.